The van der Waals surface area contributed by atoms with Crippen LogP contribution in [0.15, 0.2) is 24.3 Å². The molecule has 2 heteroatoms. The summed E-state index contributed by atoms with van der Waals surface area (Å²) in [5.41, 5.74) is 2.62. The van der Waals surface area contributed by atoms with Gasteiger partial charge in [0.25, 0.3) is 0 Å². The van der Waals surface area contributed by atoms with Crippen LogP contribution in [-0.4, -0.2) is 11.9 Å². The first kappa shape index (κ1) is 15.7. The molecule has 102 valence electrons. The third kappa shape index (κ3) is 5.53. The van der Waals surface area contributed by atoms with Crippen molar-refractivity contribution in [2.75, 3.05) is 11.9 Å². The van der Waals surface area contributed by atoms with E-state index in [9.17, 15) is 0 Å². The highest BCUT2D eigenvalue weighted by molar-refractivity contribution is 9.09. The lowest BCUT2D eigenvalue weighted by Crippen LogP contribution is -2.08. The summed E-state index contributed by atoms with van der Waals surface area (Å²) in [6, 6.07) is 8.48. The number of hydrogen-bond acceptors (Lipinski definition) is 1. The van der Waals surface area contributed by atoms with Gasteiger partial charge in [-0.1, -0.05) is 72.8 Å². The number of hydrogen-bond donors (Lipinski definition) is 0. The van der Waals surface area contributed by atoms with Crippen LogP contribution in [-0.2, 0) is 4.74 Å². The van der Waals surface area contributed by atoms with E-state index < -0.39 is 0 Å². The quantitative estimate of drug-likeness (QED) is 0.437. The molecule has 1 aromatic rings. The molecule has 0 fully saturated rings. The zero-order valence-corrected chi connectivity index (χ0v) is 13.2. The molecule has 0 saturated carbocycles. The van der Waals surface area contributed by atoms with E-state index in [2.05, 4.69) is 54.0 Å². The minimum Gasteiger partial charge on any atom is -0.373 e. The summed E-state index contributed by atoms with van der Waals surface area (Å²) >= 11 is 3.56. The molecule has 0 heterocycles. The van der Waals surface area contributed by atoms with Crippen LogP contribution in [0.1, 0.15) is 56.3 Å². The van der Waals surface area contributed by atoms with Crippen LogP contribution < -0.4 is 0 Å². The molecule has 0 aliphatic heterocycles. The molecule has 1 aromatic carbocycles. The summed E-state index contributed by atoms with van der Waals surface area (Å²) in [5.74, 6) is 0. The van der Waals surface area contributed by atoms with E-state index >= 15 is 0 Å². The smallest absolute Gasteiger partial charge is 0.0924 e. The van der Waals surface area contributed by atoms with E-state index in [1.54, 1.807) is 0 Å². The van der Waals surface area contributed by atoms with Crippen molar-refractivity contribution < 1.29 is 4.74 Å². The van der Waals surface area contributed by atoms with Crippen LogP contribution in [0, 0.1) is 6.92 Å². The maximum atomic E-state index is 5.99. The highest BCUT2D eigenvalue weighted by atomic mass is 79.9. The molecule has 1 atom stereocenters. The number of unbranched alkanes of at least 4 members (excludes halogenated alkanes) is 4. The Labute approximate surface area is 120 Å². The summed E-state index contributed by atoms with van der Waals surface area (Å²) in [6.45, 7) is 5.26. The second kappa shape index (κ2) is 9.57. The molecule has 0 aliphatic carbocycles. The molecule has 0 bridgehead atoms. The molecule has 0 saturated heterocycles. The highest BCUT2D eigenvalue weighted by Gasteiger charge is 2.12. The summed E-state index contributed by atoms with van der Waals surface area (Å²) in [7, 11) is 0. The third-order valence-corrected chi connectivity index (χ3v) is 3.83. The number of ether oxygens (including phenoxy) is 1. The van der Waals surface area contributed by atoms with Crippen molar-refractivity contribution in [1.82, 2.24) is 0 Å². The average Bonchev–Trinajstić information content (AvgIpc) is 2.39. The second-order valence-corrected chi connectivity index (χ2v) is 5.43. The Bertz CT molecular complexity index is 325. The number of alkyl halides is 1. The van der Waals surface area contributed by atoms with Crippen molar-refractivity contribution in [2.45, 2.75) is 52.1 Å². The molecule has 0 aliphatic rings. The maximum absolute atomic E-state index is 5.99. The van der Waals surface area contributed by atoms with E-state index in [0.717, 1.165) is 11.9 Å². The number of benzene rings is 1. The first-order valence-corrected chi connectivity index (χ1v) is 8.14. The van der Waals surface area contributed by atoms with Crippen molar-refractivity contribution in [3.63, 3.8) is 0 Å². The fourth-order valence-corrected chi connectivity index (χ4v) is 2.63. The lowest BCUT2D eigenvalue weighted by molar-refractivity contribution is 0.0664. The van der Waals surface area contributed by atoms with E-state index in [1.165, 1.54) is 43.2 Å². The van der Waals surface area contributed by atoms with Gasteiger partial charge in [0.1, 0.15) is 0 Å². The van der Waals surface area contributed by atoms with Crippen LogP contribution in [0.4, 0.5) is 0 Å². The molecular weight excluding hydrogens is 288 g/mol. The molecule has 0 N–H and O–H groups in total. The molecular formula is C16H25BrO. The van der Waals surface area contributed by atoms with E-state index in [4.69, 9.17) is 4.74 Å². The molecule has 0 aromatic heterocycles. The van der Waals surface area contributed by atoms with Crippen molar-refractivity contribution in [3.05, 3.63) is 35.4 Å². The normalized spacial score (nSPS) is 12.6. The topological polar surface area (TPSA) is 9.23 Å². The summed E-state index contributed by atoms with van der Waals surface area (Å²) in [6.07, 6.45) is 6.64. The lowest BCUT2D eigenvalue weighted by Gasteiger charge is -2.18. The molecule has 1 rings (SSSR count). The molecule has 18 heavy (non-hydrogen) atoms. The largest absolute Gasteiger partial charge is 0.373 e. The van der Waals surface area contributed by atoms with Crippen LogP contribution in [0.3, 0.4) is 0 Å². The number of aryl methyl sites for hydroxylation is 1. The number of rotatable bonds is 9. The van der Waals surface area contributed by atoms with Gasteiger partial charge in [0, 0.05) is 11.9 Å². The Morgan fingerprint density at radius 3 is 2.50 bits per heavy atom. The SMILES string of the molecule is CCCCCCCOC(CBr)c1ccccc1C. The average molecular weight is 313 g/mol. The van der Waals surface area contributed by atoms with Gasteiger partial charge < -0.3 is 4.74 Å². The Morgan fingerprint density at radius 2 is 1.83 bits per heavy atom. The summed E-state index contributed by atoms with van der Waals surface area (Å²) in [4.78, 5) is 0. The van der Waals surface area contributed by atoms with Gasteiger partial charge in [-0.15, -0.1) is 0 Å². The van der Waals surface area contributed by atoms with E-state index in [1.807, 2.05) is 0 Å². The van der Waals surface area contributed by atoms with Crippen LogP contribution in [0.25, 0.3) is 0 Å². The minimum atomic E-state index is 0.192. The molecule has 0 spiro atoms. The molecule has 0 amide bonds. The van der Waals surface area contributed by atoms with Crippen molar-refractivity contribution in [3.8, 4) is 0 Å². The van der Waals surface area contributed by atoms with Gasteiger partial charge in [-0.3, -0.25) is 0 Å². The van der Waals surface area contributed by atoms with Crippen molar-refractivity contribution >= 4 is 15.9 Å². The summed E-state index contributed by atoms with van der Waals surface area (Å²) < 4.78 is 5.99. The maximum Gasteiger partial charge on any atom is 0.0924 e. The van der Waals surface area contributed by atoms with Gasteiger partial charge in [0.15, 0.2) is 0 Å². The fourth-order valence-electron chi connectivity index (χ4n) is 2.10. The van der Waals surface area contributed by atoms with Crippen molar-refractivity contribution in [2.24, 2.45) is 0 Å². The summed E-state index contributed by atoms with van der Waals surface area (Å²) in [5, 5.41) is 0.868. The Hall–Kier alpha value is -0.340. The minimum absolute atomic E-state index is 0.192. The van der Waals surface area contributed by atoms with Crippen LogP contribution in [0.5, 0.6) is 0 Å². The van der Waals surface area contributed by atoms with Gasteiger partial charge >= 0.3 is 0 Å². The van der Waals surface area contributed by atoms with Gasteiger partial charge in [-0.2, -0.15) is 0 Å². The standard InChI is InChI=1S/C16H25BrO/c1-3-4-5-6-9-12-18-16(13-17)15-11-8-7-10-14(15)2/h7-8,10-11,16H,3-6,9,12-13H2,1-2H3. The Kier molecular flexibility index (Phi) is 8.36. The fraction of sp³-hybridized carbons (Fsp3) is 0.625. The molecule has 1 unspecified atom stereocenters. The Balaban J connectivity index is 2.32. The van der Waals surface area contributed by atoms with E-state index in [0.29, 0.717) is 0 Å². The van der Waals surface area contributed by atoms with Gasteiger partial charge in [-0.25, -0.2) is 0 Å². The monoisotopic (exact) mass is 312 g/mol. The molecule has 0 radical (unpaired) electrons. The Morgan fingerprint density at radius 1 is 1.11 bits per heavy atom. The highest BCUT2D eigenvalue weighted by Crippen LogP contribution is 2.23. The zero-order chi connectivity index (χ0) is 13.2. The third-order valence-electron chi connectivity index (χ3n) is 3.24. The molecule has 1 nitrogen and oxygen atoms in total. The zero-order valence-electron chi connectivity index (χ0n) is 11.6. The van der Waals surface area contributed by atoms with Gasteiger partial charge in [-0.05, 0) is 24.5 Å². The predicted octanol–water partition coefficient (Wildman–Crippen LogP) is 5.42. The first-order chi connectivity index (χ1) is 8.79. The van der Waals surface area contributed by atoms with Gasteiger partial charge in [0.2, 0.25) is 0 Å². The first-order valence-electron chi connectivity index (χ1n) is 7.02. The lowest BCUT2D eigenvalue weighted by atomic mass is 10.0. The number of halogens is 1. The van der Waals surface area contributed by atoms with Crippen LogP contribution >= 0.6 is 15.9 Å². The van der Waals surface area contributed by atoms with Gasteiger partial charge in [0.05, 0.1) is 6.10 Å². The second-order valence-electron chi connectivity index (χ2n) is 4.78. The predicted molar refractivity (Wildman–Crippen MR) is 82.4 cm³/mol. The van der Waals surface area contributed by atoms with Crippen LogP contribution in [0.2, 0.25) is 0 Å². The van der Waals surface area contributed by atoms with Crippen molar-refractivity contribution in [1.29, 1.82) is 0 Å². The van der Waals surface area contributed by atoms with E-state index in [-0.39, 0.29) is 6.10 Å².